The fourth-order valence-corrected chi connectivity index (χ4v) is 4.86. The normalized spacial score (nSPS) is 23.7. The number of likely N-dealkylation sites (tertiary alicyclic amines) is 1. The van der Waals surface area contributed by atoms with Crippen LogP contribution in [-0.2, 0) is 16.1 Å². The van der Waals surface area contributed by atoms with Crippen LogP contribution in [0.4, 0.5) is 0 Å². The predicted octanol–water partition coefficient (Wildman–Crippen LogP) is 2.40. The van der Waals surface area contributed by atoms with Gasteiger partial charge in [-0.2, -0.15) is 0 Å². The smallest absolute Gasteiger partial charge is 0.225 e. The molecule has 2 aliphatic heterocycles. The van der Waals surface area contributed by atoms with Crippen LogP contribution in [0, 0.1) is 5.92 Å². The molecule has 0 bridgehead atoms. The van der Waals surface area contributed by atoms with Gasteiger partial charge in [0.25, 0.3) is 0 Å². The van der Waals surface area contributed by atoms with Crippen LogP contribution < -0.4 is 0 Å². The molecule has 1 aromatic heterocycles. The van der Waals surface area contributed by atoms with Crippen LogP contribution in [-0.4, -0.2) is 84.1 Å². The van der Waals surface area contributed by atoms with E-state index < -0.39 is 0 Å². The highest BCUT2D eigenvalue weighted by Gasteiger charge is 2.37. The number of rotatable bonds is 8. The summed E-state index contributed by atoms with van der Waals surface area (Å²) in [5.74, 6) is 0.742. The molecule has 1 unspecified atom stereocenters. The van der Waals surface area contributed by atoms with E-state index >= 15 is 0 Å². The zero-order valence-electron chi connectivity index (χ0n) is 17.8. The van der Waals surface area contributed by atoms with Gasteiger partial charge in [0.2, 0.25) is 5.91 Å². The van der Waals surface area contributed by atoms with E-state index in [1.54, 1.807) is 0 Å². The Kier molecular flexibility index (Phi) is 7.16. The van der Waals surface area contributed by atoms with Crippen molar-refractivity contribution in [1.29, 1.82) is 0 Å². The van der Waals surface area contributed by atoms with Crippen LogP contribution in [0.2, 0.25) is 0 Å². The lowest BCUT2D eigenvalue weighted by Gasteiger charge is -2.44. The molecule has 0 spiro atoms. The van der Waals surface area contributed by atoms with Crippen molar-refractivity contribution < 1.29 is 9.53 Å². The van der Waals surface area contributed by atoms with Crippen molar-refractivity contribution in [3.63, 3.8) is 0 Å². The SMILES string of the molecule is CN(CCN(C1CCOCC1)C1CCCN(C(=O)C2CC2)C1)Cc1cccnc1. The Morgan fingerprint density at radius 2 is 2.00 bits per heavy atom. The molecule has 0 radical (unpaired) electrons. The molecule has 160 valence electrons. The molecule has 1 aliphatic carbocycles. The number of carbonyl (C=O) groups is 1. The summed E-state index contributed by atoms with van der Waals surface area (Å²) in [5.41, 5.74) is 1.26. The lowest BCUT2D eigenvalue weighted by molar-refractivity contribution is -0.135. The largest absolute Gasteiger partial charge is 0.381 e. The second kappa shape index (κ2) is 10.0. The number of hydrogen-bond acceptors (Lipinski definition) is 5. The fourth-order valence-electron chi connectivity index (χ4n) is 4.86. The highest BCUT2D eigenvalue weighted by molar-refractivity contribution is 5.81. The van der Waals surface area contributed by atoms with Gasteiger partial charge in [-0.25, -0.2) is 0 Å². The van der Waals surface area contributed by atoms with Gasteiger partial charge >= 0.3 is 0 Å². The lowest BCUT2D eigenvalue weighted by atomic mass is 9.98. The van der Waals surface area contributed by atoms with Gasteiger partial charge in [-0.15, -0.1) is 0 Å². The minimum atomic E-state index is 0.330. The Labute approximate surface area is 175 Å². The van der Waals surface area contributed by atoms with Crippen LogP contribution in [0.5, 0.6) is 0 Å². The molecule has 1 atom stereocenters. The van der Waals surface area contributed by atoms with E-state index in [9.17, 15) is 4.79 Å². The van der Waals surface area contributed by atoms with Crippen LogP contribution in [0.3, 0.4) is 0 Å². The van der Waals surface area contributed by atoms with Crippen molar-refractivity contribution in [3.8, 4) is 0 Å². The summed E-state index contributed by atoms with van der Waals surface area (Å²) in [7, 11) is 2.19. The van der Waals surface area contributed by atoms with E-state index in [1.807, 2.05) is 18.5 Å². The number of ether oxygens (including phenoxy) is 1. The third-order valence-electron chi connectivity index (χ3n) is 6.68. The molecule has 1 aromatic rings. The second-order valence-corrected chi connectivity index (χ2v) is 9.04. The maximum Gasteiger partial charge on any atom is 0.225 e. The number of aromatic nitrogens is 1. The number of carbonyl (C=O) groups excluding carboxylic acids is 1. The quantitative estimate of drug-likeness (QED) is 0.671. The average Bonchev–Trinajstić information content (AvgIpc) is 3.60. The zero-order valence-corrected chi connectivity index (χ0v) is 17.8. The van der Waals surface area contributed by atoms with Crippen LogP contribution in [0.25, 0.3) is 0 Å². The van der Waals surface area contributed by atoms with Crippen LogP contribution in [0.15, 0.2) is 24.5 Å². The number of piperidine rings is 1. The topological polar surface area (TPSA) is 48.9 Å². The van der Waals surface area contributed by atoms with Gasteiger partial charge in [0, 0.05) is 76.3 Å². The van der Waals surface area contributed by atoms with Crippen molar-refractivity contribution in [2.45, 2.75) is 57.2 Å². The van der Waals surface area contributed by atoms with Crippen molar-refractivity contribution in [2.75, 3.05) is 46.4 Å². The van der Waals surface area contributed by atoms with Crippen LogP contribution in [0.1, 0.15) is 44.1 Å². The van der Waals surface area contributed by atoms with Crippen molar-refractivity contribution >= 4 is 5.91 Å². The first kappa shape index (κ1) is 20.8. The van der Waals surface area contributed by atoms with Gasteiger partial charge in [0.1, 0.15) is 0 Å². The summed E-state index contributed by atoms with van der Waals surface area (Å²) < 4.78 is 5.63. The molecule has 3 heterocycles. The summed E-state index contributed by atoms with van der Waals surface area (Å²) in [6.07, 6.45) is 10.5. The average molecular weight is 401 g/mol. The van der Waals surface area contributed by atoms with E-state index in [-0.39, 0.29) is 0 Å². The summed E-state index contributed by atoms with van der Waals surface area (Å²) >= 11 is 0. The van der Waals surface area contributed by atoms with Crippen molar-refractivity contribution in [2.24, 2.45) is 5.92 Å². The van der Waals surface area contributed by atoms with Gasteiger partial charge in [0.15, 0.2) is 0 Å². The minimum Gasteiger partial charge on any atom is -0.381 e. The molecule has 3 fully saturated rings. The van der Waals surface area contributed by atoms with Gasteiger partial charge in [-0.3, -0.25) is 14.7 Å². The van der Waals surface area contributed by atoms with E-state index in [2.05, 4.69) is 32.8 Å². The van der Waals surface area contributed by atoms with Crippen molar-refractivity contribution in [1.82, 2.24) is 19.7 Å². The third-order valence-corrected chi connectivity index (χ3v) is 6.68. The number of amides is 1. The fraction of sp³-hybridized carbons (Fsp3) is 0.739. The Hall–Kier alpha value is -1.50. The molecule has 0 N–H and O–H groups in total. The number of hydrogen-bond donors (Lipinski definition) is 0. The molecule has 6 heteroatoms. The highest BCUT2D eigenvalue weighted by Crippen LogP contribution is 2.33. The van der Waals surface area contributed by atoms with Gasteiger partial charge < -0.3 is 14.5 Å². The second-order valence-electron chi connectivity index (χ2n) is 9.04. The number of pyridine rings is 1. The lowest BCUT2D eigenvalue weighted by Crippen LogP contribution is -2.55. The molecule has 1 saturated carbocycles. The monoisotopic (exact) mass is 400 g/mol. The molecule has 29 heavy (non-hydrogen) atoms. The van der Waals surface area contributed by atoms with Gasteiger partial charge in [-0.05, 0) is 57.2 Å². The molecule has 1 amide bonds. The first-order valence-corrected chi connectivity index (χ1v) is 11.4. The molecule has 4 rings (SSSR count). The maximum absolute atomic E-state index is 12.6. The van der Waals surface area contributed by atoms with Gasteiger partial charge in [-0.1, -0.05) is 6.07 Å². The molecule has 2 saturated heterocycles. The van der Waals surface area contributed by atoms with E-state index in [4.69, 9.17) is 4.74 Å². The van der Waals surface area contributed by atoms with E-state index in [0.29, 0.717) is 23.9 Å². The third kappa shape index (κ3) is 5.77. The predicted molar refractivity (Wildman–Crippen MR) is 113 cm³/mol. The maximum atomic E-state index is 12.6. The van der Waals surface area contributed by atoms with Crippen LogP contribution >= 0.6 is 0 Å². The minimum absolute atomic E-state index is 0.330. The highest BCUT2D eigenvalue weighted by atomic mass is 16.5. The van der Waals surface area contributed by atoms with Gasteiger partial charge in [0.05, 0.1) is 0 Å². The summed E-state index contributed by atoms with van der Waals surface area (Å²) in [6, 6.07) is 5.21. The number of nitrogens with zero attached hydrogens (tertiary/aromatic N) is 4. The molecular formula is C23H36N4O2. The first-order valence-electron chi connectivity index (χ1n) is 11.4. The number of likely N-dealkylation sites (N-methyl/N-ethyl adjacent to an activating group) is 1. The zero-order chi connectivity index (χ0) is 20.1. The summed E-state index contributed by atoms with van der Waals surface area (Å²) in [6.45, 7) is 6.60. The first-order chi connectivity index (χ1) is 14.2. The molecular weight excluding hydrogens is 364 g/mol. The standard InChI is InChI=1S/C23H36N4O2/c1-25(17-19-4-2-10-24-16-19)12-13-27(21-8-14-29-15-9-21)22-5-3-11-26(18-22)23(28)20-6-7-20/h2,4,10,16,20-22H,3,5-9,11-15,17-18H2,1H3. The molecule has 6 nitrogen and oxygen atoms in total. The van der Waals surface area contributed by atoms with E-state index in [0.717, 1.165) is 78.0 Å². The van der Waals surface area contributed by atoms with Crippen molar-refractivity contribution in [3.05, 3.63) is 30.1 Å². The Balaban J connectivity index is 1.37. The summed E-state index contributed by atoms with van der Waals surface area (Å²) in [5, 5.41) is 0. The Morgan fingerprint density at radius 1 is 1.17 bits per heavy atom. The Bertz CT molecular complexity index is 646. The summed E-state index contributed by atoms with van der Waals surface area (Å²) in [4.78, 5) is 24.2. The Morgan fingerprint density at radius 3 is 2.72 bits per heavy atom. The molecule has 0 aromatic carbocycles. The molecule has 3 aliphatic rings. The van der Waals surface area contributed by atoms with E-state index in [1.165, 1.54) is 12.0 Å².